The number of alkyl halides is 3. The molecular weight excluding hydrogens is 397 g/mol. The summed E-state index contributed by atoms with van der Waals surface area (Å²) in [7, 11) is 0. The van der Waals surface area contributed by atoms with E-state index < -0.39 is 11.7 Å². The number of piperidine rings is 1. The van der Waals surface area contributed by atoms with Gasteiger partial charge in [-0.3, -0.25) is 4.79 Å². The van der Waals surface area contributed by atoms with Crippen LogP contribution in [0.5, 0.6) is 0 Å². The maximum absolute atomic E-state index is 12.8. The van der Waals surface area contributed by atoms with Crippen LogP contribution in [0.25, 0.3) is 0 Å². The summed E-state index contributed by atoms with van der Waals surface area (Å²) in [6.07, 6.45) is -3.21. The molecule has 3 N–H and O–H groups in total. The second-order valence-corrected chi connectivity index (χ2v) is 7.05. The van der Waals surface area contributed by atoms with Crippen LogP contribution >= 0.6 is 0 Å². The number of anilines is 2. The topological polar surface area (TPSA) is 73.5 Å². The van der Waals surface area contributed by atoms with Crippen LogP contribution in [-0.4, -0.2) is 42.5 Å². The van der Waals surface area contributed by atoms with Crippen LogP contribution in [0.2, 0.25) is 0 Å². The summed E-state index contributed by atoms with van der Waals surface area (Å²) in [6, 6.07) is 13.5. The minimum absolute atomic E-state index is 0.0470. The predicted molar refractivity (Wildman–Crippen MR) is 108 cm³/mol. The highest BCUT2D eigenvalue weighted by Crippen LogP contribution is 2.30. The lowest BCUT2D eigenvalue weighted by molar-refractivity contribution is -0.137. The summed E-state index contributed by atoms with van der Waals surface area (Å²) in [5, 5.41) is 8.40. The van der Waals surface area contributed by atoms with Crippen LogP contribution in [0.3, 0.4) is 0 Å². The number of likely N-dealkylation sites (tertiary alicyclic amines) is 1. The van der Waals surface area contributed by atoms with Crippen molar-refractivity contribution in [3.8, 4) is 0 Å². The second kappa shape index (κ2) is 9.51. The van der Waals surface area contributed by atoms with Gasteiger partial charge >= 0.3 is 12.2 Å². The van der Waals surface area contributed by atoms with Crippen molar-refractivity contribution in [1.29, 1.82) is 0 Å². The molecule has 0 unspecified atom stereocenters. The van der Waals surface area contributed by atoms with Gasteiger partial charge < -0.3 is 20.9 Å². The van der Waals surface area contributed by atoms with Crippen molar-refractivity contribution in [2.24, 2.45) is 0 Å². The lowest BCUT2D eigenvalue weighted by Gasteiger charge is -2.32. The minimum Gasteiger partial charge on any atom is -0.376 e. The highest BCUT2D eigenvalue weighted by molar-refractivity contribution is 5.89. The monoisotopic (exact) mass is 420 g/mol. The first kappa shape index (κ1) is 21.5. The number of hydrogen-bond acceptors (Lipinski definition) is 3. The van der Waals surface area contributed by atoms with Crippen molar-refractivity contribution < 1.29 is 22.8 Å². The average Bonchev–Trinajstić information content (AvgIpc) is 2.73. The van der Waals surface area contributed by atoms with Gasteiger partial charge in [0.25, 0.3) is 0 Å². The fourth-order valence-corrected chi connectivity index (χ4v) is 3.24. The number of rotatable bonds is 5. The first-order valence-electron chi connectivity index (χ1n) is 9.63. The third-order valence-corrected chi connectivity index (χ3v) is 4.85. The lowest BCUT2D eigenvalue weighted by atomic mass is 10.1. The van der Waals surface area contributed by atoms with Crippen molar-refractivity contribution in [1.82, 2.24) is 10.2 Å². The Morgan fingerprint density at radius 1 is 0.967 bits per heavy atom. The van der Waals surface area contributed by atoms with Gasteiger partial charge in [0.2, 0.25) is 5.91 Å². The quantitative estimate of drug-likeness (QED) is 0.686. The lowest BCUT2D eigenvalue weighted by Crippen LogP contribution is -2.48. The number of halogens is 3. The normalized spacial score (nSPS) is 14.8. The average molecular weight is 420 g/mol. The number of carbonyl (C=O) groups excluding carboxylic acids is 2. The van der Waals surface area contributed by atoms with E-state index in [-0.39, 0.29) is 30.2 Å². The van der Waals surface area contributed by atoms with Gasteiger partial charge in [-0.1, -0.05) is 24.3 Å². The molecule has 0 bridgehead atoms. The number of para-hydroxylation sites is 1. The summed E-state index contributed by atoms with van der Waals surface area (Å²) in [5.74, 6) is -0.195. The molecule has 1 heterocycles. The molecular formula is C21H23F3N4O2. The standard InChI is InChI=1S/C21H23F3N4O2/c22-21(23,24)15-5-4-8-18(13-15)25-14-19(29)28-11-9-17(10-12-28)27-20(30)26-16-6-2-1-3-7-16/h1-8,13,17,25H,9-12,14H2,(H2,26,27,30). The zero-order chi connectivity index (χ0) is 21.6. The highest BCUT2D eigenvalue weighted by atomic mass is 19.4. The second-order valence-electron chi connectivity index (χ2n) is 7.05. The van der Waals surface area contributed by atoms with Crippen molar-refractivity contribution in [2.45, 2.75) is 25.1 Å². The number of urea groups is 1. The predicted octanol–water partition coefficient (Wildman–Crippen LogP) is 3.93. The molecule has 1 saturated heterocycles. The van der Waals surface area contributed by atoms with Crippen molar-refractivity contribution >= 4 is 23.3 Å². The molecule has 6 nitrogen and oxygen atoms in total. The molecule has 9 heteroatoms. The molecule has 160 valence electrons. The molecule has 2 aromatic rings. The highest BCUT2D eigenvalue weighted by Gasteiger charge is 2.30. The van der Waals surface area contributed by atoms with Crippen LogP contribution in [0, 0.1) is 0 Å². The Hall–Kier alpha value is -3.23. The Morgan fingerprint density at radius 3 is 2.30 bits per heavy atom. The number of nitrogens with zero attached hydrogens (tertiary/aromatic N) is 1. The molecule has 30 heavy (non-hydrogen) atoms. The summed E-state index contributed by atoms with van der Waals surface area (Å²) >= 11 is 0. The number of hydrogen-bond donors (Lipinski definition) is 3. The van der Waals surface area contributed by atoms with Crippen molar-refractivity contribution in [2.75, 3.05) is 30.3 Å². The van der Waals surface area contributed by atoms with E-state index in [1.54, 1.807) is 17.0 Å². The van der Waals surface area contributed by atoms with Crippen molar-refractivity contribution in [3.63, 3.8) is 0 Å². The molecule has 0 radical (unpaired) electrons. The van der Waals surface area contributed by atoms with Crippen LogP contribution < -0.4 is 16.0 Å². The van der Waals surface area contributed by atoms with E-state index in [4.69, 9.17) is 0 Å². The van der Waals surface area contributed by atoms with E-state index in [1.807, 2.05) is 18.2 Å². The number of amides is 3. The fraction of sp³-hybridized carbons (Fsp3) is 0.333. The Labute approximate surface area is 172 Å². The number of benzene rings is 2. The van der Waals surface area contributed by atoms with Gasteiger partial charge in [-0.15, -0.1) is 0 Å². The number of carbonyl (C=O) groups is 2. The van der Waals surface area contributed by atoms with Gasteiger partial charge in [-0.2, -0.15) is 13.2 Å². The van der Waals surface area contributed by atoms with Gasteiger partial charge in [-0.05, 0) is 43.2 Å². The molecule has 3 amide bonds. The molecule has 3 rings (SSSR count). The Morgan fingerprint density at radius 2 is 1.63 bits per heavy atom. The Balaban J connectivity index is 1.41. The van der Waals surface area contributed by atoms with Gasteiger partial charge in [0.05, 0.1) is 12.1 Å². The molecule has 0 spiro atoms. The minimum atomic E-state index is -4.43. The summed E-state index contributed by atoms with van der Waals surface area (Å²) in [4.78, 5) is 26.1. The Kier molecular flexibility index (Phi) is 6.81. The van der Waals surface area contributed by atoms with Gasteiger partial charge in [0, 0.05) is 30.5 Å². The van der Waals surface area contributed by atoms with Gasteiger partial charge in [-0.25, -0.2) is 4.79 Å². The maximum Gasteiger partial charge on any atom is 0.416 e. The molecule has 1 aliphatic rings. The molecule has 0 atom stereocenters. The molecule has 0 aromatic heterocycles. The smallest absolute Gasteiger partial charge is 0.376 e. The zero-order valence-electron chi connectivity index (χ0n) is 16.2. The first-order chi connectivity index (χ1) is 14.3. The molecule has 0 saturated carbocycles. The third kappa shape index (κ3) is 6.13. The van der Waals surface area contributed by atoms with Crippen LogP contribution in [-0.2, 0) is 11.0 Å². The van der Waals surface area contributed by atoms with E-state index >= 15 is 0 Å². The molecule has 0 aliphatic carbocycles. The van der Waals surface area contributed by atoms with Gasteiger partial charge in [0.1, 0.15) is 0 Å². The van der Waals surface area contributed by atoms with E-state index in [2.05, 4.69) is 16.0 Å². The summed E-state index contributed by atoms with van der Waals surface area (Å²) in [6.45, 7) is 0.854. The van der Waals surface area contributed by atoms with E-state index in [9.17, 15) is 22.8 Å². The van der Waals surface area contributed by atoms with Crippen LogP contribution in [0.1, 0.15) is 18.4 Å². The Bertz CT molecular complexity index is 866. The molecule has 1 fully saturated rings. The molecule has 1 aliphatic heterocycles. The SMILES string of the molecule is O=C(Nc1ccccc1)NC1CCN(C(=O)CNc2cccc(C(F)(F)F)c2)CC1. The zero-order valence-corrected chi connectivity index (χ0v) is 16.2. The van der Waals surface area contributed by atoms with E-state index in [1.165, 1.54) is 12.1 Å². The number of nitrogens with one attached hydrogen (secondary N) is 3. The maximum atomic E-state index is 12.8. The fourth-order valence-electron chi connectivity index (χ4n) is 3.24. The summed E-state index contributed by atoms with van der Waals surface area (Å²) in [5.41, 5.74) is 0.177. The third-order valence-electron chi connectivity index (χ3n) is 4.85. The molecule has 2 aromatic carbocycles. The first-order valence-corrected chi connectivity index (χ1v) is 9.63. The van der Waals surface area contributed by atoms with Gasteiger partial charge in [0.15, 0.2) is 0 Å². The van der Waals surface area contributed by atoms with Crippen LogP contribution in [0.15, 0.2) is 54.6 Å². The van der Waals surface area contributed by atoms with Crippen LogP contribution in [0.4, 0.5) is 29.3 Å². The summed E-state index contributed by atoms with van der Waals surface area (Å²) < 4.78 is 38.3. The largest absolute Gasteiger partial charge is 0.416 e. The van der Waals surface area contributed by atoms with Crippen molar-refractivity contribution in [3.05, 3.63) is 60.2 Å². The van der Waals surface area contributed by atoms with E-state index in [0.29, 0.717) is 31.6 Å². The van der Waals surface area contributed by atoms with E-state index in [0.717, 1.165) is 12.1 Å².